The zero-order valence-corrected chi connectivity index (χ0v) is 13.0. The summed E-state index contributed by atoms with van der Waals surface area (Å²) < 4.78 is 0. The van der Waals surface area contributed by atoms with Crippen LogP contribution in [-0.2, 0) is 4.79 Å². The fraction of sp³-hybridized carbons (Fsp3) is 0.929. The summed E-state index contributed by atoms with van der Waals surface area (Å²) in [4.78, 5) is 11.9. The molecule has 0 saturated carbocycles. The van der Waals surface area contributed by atoms with Gasteiger partial charge in [-0.15, -0.1) is 12.4 Å². The average Bonchev–Trinajstić information content (AvgIpc) is 2.19. The second kappa shape index (κ2) is 8.76. The molecule has 2 N–H and O–H groups in total. The van der Waals surface area contributed by atoms with Gasteiger partial charge in [0, 0.05) is 19.0 Å². The summed E-state index contributed by atoms with van der Waals surface area (Å²) in [6.45, 7) is 10.8. The molecule has 1 saturated heterocycles. The molecule has 1 heterocycles. The Labute approximate surface area is 118 Å². The van der Waals surface area contributed by atoms with Crippen molar-refractivity contribution < 1.29 is 4.79 Å². The van der Waals surface area contributed by atoms with Gasteiger partial charge in [0.25, 0.3) is 0 Å². The fourth-order valence-electron chi connectivity index (χ4n) is 2.65. The van der Waals surface area contributed by atoms with E-state index in [0.717, 1.165) is 25.9 Å². The van der Waals surface area contributed by atoms with Crippen LogP contribution in [0.2, 0.25) is 0 Å². The molecule has 4 heteroatoms. The second-order valence-corrected chi connectivity index (χ2v) is 6.08. The highest BCUT2D eigenvalue weighted by atomic mass is 35.5. The number of hydrogen-bond donors (Lipinski definition) is 2. The van der Waals surface area contributed by atoms with Crippen LogP contribution in [0.15, 0.2) is 0 Å². The molecular formula is C14H29ClN2O. The quantitative estimate of drug-likeness (QED) is 0.810. The second-order valence-electron chi connectivity index (χ2n) is 6.08. The molecule has 3 atom stereocenters. The normalized spacial score (nSPS) is 25.4. The minimum absolute atomic E-state index is 0. The third-order valence-electron chi connectivity index (χ3n) is 3.58. The third-order valence-corrected chi connectivity index (χ3v) is 3.58. The maximum atomic E-state index is 11.9. The number of piperidine rings is 1. The van der Waals surface area contributed by atoms with Crippen molar-refractivity contribution in [3.8, 4) is 0 Å². The first-order valence-corrected chi connectivity index (χ1v) is 6.99. The first-order valence-electron chi connectivity index (χ1n) is 6.99. The zero-order chi connectivity index (χ0) is 12.8. The molecule has 1 fully saturated rings. The van der Waals surface area contributed by atoms with E-state index >= 15 is 0 Å². The highest BCUT2D eigenvalue weighted by molar-refractivity contribution is 5.85. The van der Waals surface area contributed by atoms with Crippen molar-refractivity contribution in [1.82, 2.24) is 10.6 Å². The van der Waals surface area contributed by atoms with E-state index in [2.05, 4.69) is 38.3 Å². The van der Waals surface area contributed by atoms with E-state index in [1.807, 2.05) is 0 Å². The molecule has 0 aromatic rings. The van der Waals surface area contributed by atoms with Gasteiger partial charge < -0.3 is 10.6 Å². The molecule has 1 rings (SSSR count). The van der Waals surface area contributed by atoms with E-state index < -0.39 is 0 Å². The Morgan fingerprint density at radius 1 is 1.39 bits per heavy atom. The van der Waals surface area contributed by atoms with Crippen molar-refractivity contribution in [2.24, 2.45) is 17.8 Å². The number of amides is 1. The van der Waals surface area contributed by atoms with Gasteiger partial charge in [-0.3, -0.25) is 4.79 Å². The fourth-order valence-corrected chi connectivity index (χ4v) is 2.65. The van der Waals surface area contributed by atoms with Crippen LogP contribution in [0.25, 0.3) is 0 Å². The summed E-state index contributed by atoms with van der Waals surface area (Å²) in [6.07, 6.45) is 2.96. The van der Waals surface area contributed by atoms with Crippen LogP contribution in [0.4, 0.5) is 0 Å². The van der Waals surface area contributed by atoms with E-state index in [-0.39, 0.29) is 18.3 Å². The highest BCUT2D eigenvalue weighted by Crippen LogP contribution is 2.16. The van der Waals surface area contributed by atoms with E-state index in [1.165, 1.54) is 0 Å². The lowest BCUT2D eigenvalue weighted by atomic mass is 9.93. The molecule has 1 aliphatic rings. The summed E-state index contributed by atoms with van der Waals surface area (Å²) in [5.74, 6) is 1.98. The summed E-state index contributed by atoms with van der Waals surface area (Å²) in [6, 6.07) is 0.322. The number of halogens is 1. The SMILES string of the molecule is CC(C)CC(C)CC(=O)NC1CNCCC1C.Cl. The number of carbonyl (C=O) groups is 1. The van der Waals surface area contributed by atoms with Crippen LogP contribution in [-0.4, -0.2) is 25.0 Å². The smallest absolute Gasteiger partial charge is 0.220 e. The number of carbonyl (C=O) groups excluding carboxylic acids is 1. The molecule has 1 amide bonds. The molecular weight excluding hydrogens is 248 g/mol. The summed E-state index contributed by atoms with van der Waals surface area (Å²) in [7, 11) is 0. The lowest BCUT2D eigenvalue weighted by molar-refractivity contribution is -0.123. The van der Waals surface area contributed by atoms with Crippen LogP contribution in [0.5, 0.6) is 0 Å². The van der Waals surface area contributed by atoms with Gasteiger partial charge in [-0.2, -0.15) is 0 Å². The Morgan fingerprint density at radius 2 is 2.06 bits per heavy atom. The first kappa shape index (κ1) is 17.7. The van der Waals surface area contributed by atoms with E-state index in [0.29, 0.717) is 30.2 Å². The van der Waals surface area contributed by atoms with E-state index in [1.54, 1.807) is 0 Å². The predicted molar refractivity (Wildman–Crippen MR) is 79.1 cm³/mol. The van der Waals surface area contributed by atoms with Gasteiger partial charge in [-0.1, -0.05) is 27.7 Å². The maximum absolute atomic E-state index is 11.9. The Kier molecular flexibility index (Phi) is 8.62. The lowest BCUT2D eigenvalue weighted by Crippen LogP contribution is -2.50. The third kappa shape index (κ3) is 6.60. The number of rotatable bonds is 5. The van der Waals surface area contributed by atoms with Crippen molar-refractivity contribution in [2.75, 3.05) is 13.1 Å². The summed E-state index contributed by atoms with van der Waals surface area (Å²) in [5, 5.41) is 6.51. The first-order chi connectivity index (χ1) is 7.99. The molecule has 0 aliphatic carbocycles. The van der Waals surface area contributed by atoms with Crippen LogP contribution < -0.4 is 10.6 Å². The maximum Gasteiger partial charge on any atom is 0.220 e. The molecule has 108 valence electrons. The van der Waals surface area contributed by atoms with Crippen LogP contribution in [0.3, 0.4) is 0 Å². The lowest BCUT2D eigenvalue weighted by Gasteiger charge is -2.30. The summed E-state index contributed by atoms with van der Waals surface area (Å²) >= 11 is 0. The predicted octanol–water partition coefficient (Wildman–Crippen LogP) is 2.59. The van der Waals surface area contributed by atoms with Crippen LogP contribution in [0.1, 0.15) is 47.0 Å². The van der Waals surface area contributed by atoms with Crippen molar-refractivity contribution in [2.45, 2.75) is 53.0 Å². The molecule has 3 unspecified atom stereocenters. The van der Waals surface area contributed by atoms with Gasteiger partial charge in [0.05, 0.1) is 0 Å². The highest BCUT2D eigenvalue weighted by Gasteiger charge is 2.23. The van der Waals surface area contributed by atoms with Gasteiger partial charge in [-0.05, 0) is 37.1 Å². The molecule has 0 spiro atoms. The summed E-state index contributed by atoms with van der Waals surface area (Å²) in [5.41, 5.74) is 0. The molecule has 3 nitrogen and oxygen atoms in total. The van der Waals surface area contributed by atoms with E-state index in [4.69, 9.17) is 0 Å². The Hall–Kier alpha value is -0.280. The molecule has 1 aliphatic heterocycles. The largest absolute Gasteiger partial charge is 0.352 e. The minimum atomic E-state index is 0. The van der Waals surface area contributed by atoms with Crippen molar-refractivity contribution in [3.05, 3.63) is 0 Å². The standard InChI is InChI=1S/C14H28N2O.ClH/c1-10(2)7-11(3)8-14(17)16-13-9-15-6-5-12(13)4;/h10-13,15H,5-9H2,1-4H3,(H,16,17);1H. The Morgan fingerprint density at radius 3 is 2.61 bits per heavy atom. The molecule has 18 heavy (non-hydrogen) atoms. The molecule has 0 aromatic carbocycles. The average molecular weight is 277 g/mol. The van der Waals surface area contributed by atoms with Gasteiger partial charge >= 0.3 is 0 Å². The zero-order valence-electron chi connectivity index (χ0n) is 12.2. The monoisotopic (exact) mass is 276 g/mol. The topological polar surface area (TPSA) is 41.1 Å². The number of nitrogens with one attached hydrogen (secondary N) is 2. The van der Waals surface area contributed by atoms with Crippen LogP contribution in [0, 0.1) is 17.8 Å². The van der Waals surface area contributed by atoms with Gasteiger partial charge in [-0.25, -0.2) is 0 Å². The van der Waals surface area contributed by atoms with Crippen LogP contribution >= 0.6 is 12.4 Å². The van der Waals surface area contributed by atoms with E-state index in [9.17, 15) is 4.79 Å². The van der Waals surface area contributed by atoms with Gasteiger partial charge in [0.2, 0.25) is 5.91 Å². The number of hydrogen-bond acceptors (Lipinski definition) is 2. The van der Waals surface area contributed by atoms with Gasteiger partial charge in [0.1, 0.15) is 0 Å². The molecule has 0 bridgehead atoms. The van der Waals surface area contributed by atoms with Crippen molar-refractivity contribution >= 4 is 18.3 Å². The Bertz CT molecular complexity index is 246. The van der Waals surface area contributed by atoms with Crippen molar-refractivity contribution in [3.63, 3.8) is 0 Å². The van der Waals surface area contributed by atoms with Gasteiger partial charge in [0.15, 0.2) is 0 Å². The minimum Gasteiger partial charge on any atom is -0.352 e. The van der Waals surface area contributed by atoms with Crippen molar-refractivity contribution in [1.29, 1.82) is 0 Å². The molecule has 0 aromatic heterocycles. The Balaban J connectivity index is 0.00000289. The molecule has 0 radical (unpaired) electrons.